The molecule has 0 radical (unpaired) electrons. The molecule has 3 rings (SSSR count). The molecule has 0 saturated heterocycles. The molecule has 1 unspecified atom stereocenters. The lowest BCUT2D eigenvalue weighted by Crippen LogP contribution is -2.24. The number of hydrogen-bond donors (Lipinski definition) is 1. The van der Waals surface area contributed by atoms with E-state index in [1.54, 1.807) is 0 Å². The lowest BCUT2D eigenvalue weighted by atomic mass is 10.0. The van der Waals surface area contributed by atoms with Crippen LogP contribution < -0.4 is 10.1 Å². The standard InChI is InChI=1S/C18H20ClNO/c1-12(2)16-5-3-4-6-17(16)20-11-15-10-13-9-14(19)7-8-18(13)21-15/h3-9,12,15,20H,10-11H2,1-2H3. The summed E-state index contributed by atoms with van der Waals surface area (Å²) in [5.41, 5.74) is 3.74. The highest BCUT2D eigenvalue weighted by molar-refractivity contribution is 6.30. The molecule has 0 aromatic heterocycles. The SMILES string of the molecule is CC(C)c1ccccc1NCC1Cc2cc(Cl)ccc2O1. The number of nitrogens with one attached hydrogen (secondary N) is 1. The van der Waals surface area contributed by atoms with Crippen LogP contribution in [0.25, 0.3) is 0 Å². The van der Waals surface area contributed by atoms with E-state index in [1.165, 1.54) is 16.8 Å². The van der Waals surface area contributed by atoms with E-state index in [0.29, 0.717) is 5.92 Å². The van der Waals surface area contributed by atoms with Gasteiger partial charge in [0.25, 0.3) is 0 Å². The molecule has 21 heavy (non-hydrogen) atoms. The molecule has 3 heteroatoms. The molecule has 1 atom stereocenters. The molecular formula is C18H20ClNO. The molecule has 0 spiro atoms. The van der Waals surface area contributed by atoms with Gasteiger partial charge in [0.15, 0.2) is 0 Å². The van der Waals surface area contributed by atoms with Gasteiger partial charge in [-0.25, -0.2) is 0 Å². The highest BCUT2D eigenvalue weighted by Crippen LogP contribution is 2.31. The largest absolute Gasteiger partial charge is 0.488 e. The maximum Gasteiger partial charge on any atom is 0.123 e. The Morgan fingerprint density at radius 2 is 2.05 bits per heavy atom. The lowest BCUT2D eigenvalue weighted by molar-refractivity contribution is 0.246. The van der Waals surface area contributed by atoms with Gasteiger partial charge in [-0.2, -0.15) is 0 Å². The summed E-state index contributed by atoms with van der Waals surface area (Å²) in [6, 6.07) is 14.3. The van der Waals surface area contributed by atoms with Crippen molar-refractivity contribution in [3.63, 3.8) is 0 Å². The zero-order valence-electron chi connectivity index (χ0n) is 12.4. The second kappa shape index (κ2) is 5.98. The van der Waals surface area contributed by atoms with Crippen molar-refractivity contribution in [1.82, 2.24) is 0 Å². The third kappa shape index (κ3) is 3.16. The van der Waals surface area contributed by atoms with Crippen molar-refractivity contribution in [2.24, 2.45) is 0 Å². The molecule has 2 aromatic carbocycles. The Labute approximate surface area is 131 Å². The average Bonchev–Trinajstić information content (AvgIpc) is 2.87. The predicted molar refractivity (Wildman–Crippen MR) is 88.6 cm³/mol. The minimum absolute atomic E-state index is 0.165. The lowest BCUT2D eigenvalue weighted by Gasteiger charge is -2.17. The van der Waals surface area contributed by atoms with Gasteiger partial charge in [-0.1, -0.05) is 43.6 Å². The molecule has 2 nitrogen and oxygen atoms in total. The summed E-state index contributed by atoms with van der Waals surface area (Å²) < 4.78 is 5.96. The van der Waals surface area contributed by atoms with E-state index < -0.39 is 0 Å². The molecule has 0 aliphatic carbocycles. The van der Waals surface area contributed by atoms with Crippen LogP contribution in [0.1, 0.15) is 30.9 Å². The van der Waals surface area contributed by atoms with E-state index in [2.05, 4.69) is 43.4 Å². The molecule has 1 N–H and O–H groups in total. The van der Waals surface area contributed by atoms with E-state index in [-0.39, 0.29) is 6.10 Å². The smallest absolute Gasteiger partial charge is 0.123 e. The van der Waals surface area contributed by atoms with Crippen molar-refractivity contribution in [3.8, 4) is 5.75 Å². The Hall–Kier alpha value is -1.67. The fourth-order valence-electron chi connectivity index (χ4n) is 2.79. The summed E-state index contributed by atoms with van der Waals surface area (Å²) in [4.78, 5) is 0. The van der Waals surface area contributed by atoms with E-state index in [9.17, 15) is 0 Å². The Kier molecular flexibility index (Phi) is 4.07. The highest BCUT2D eigenvalue weighted by atomic mass is 35.5. The van der Waals surface area contributed by atoms with Crippen LogP contribution >= 0.6 is 11.6 Å². The van der Waals surface area contributed by atoms with Crippen LogP contribution in [-0.4, -0.2) is 12.6 Å². The maximum absolute atomic E-state index is 6.03. The number of hydrogen-bond acceptors (Lipinski definition) is 2. The normalized spacial score (nSPS) is 16.7. The van der Waals surface area contributed by atoms with Crippen LogP contribution in [0.5, 0.6) is 5.75 Å². The van der Waals surface area contributed by atoms with Crippen LogP contribution in [0.3, 0.4) is 0 Å². The van der Waals surface area contributed by atoms with Gasteiger partial charge < -0.3 is 10.1 Å². The number of para-hydroxylation sites is 1. The molecule has 2 aromatic rings. The van der Waals surface area contributed by atoms with Crippen molar-refractivity contribution in [3.05, 3.63) is 58.6 Å². The first-order valence-electron chi connectivity index (χ1n) is 7.41. The maximum atomic E-state index is 6.03. The van der Waals surface area contributed by atoms with Crippen LogP contribution in [0.4, 0.5) is 5.69 Å². The summed E-state index contributed by atoms with van der Waals surface area (Å²) in [5.74, 6) is 1.47. The zero-order valence-corrected chi connectivity index (χ0v) is 13.2. The summed E-state index contributed by atoms with van der Waals surface area (Å²) in [7, 11) is 0. The zero-order chi connectivity index (χ0) is 14.8. The van der Waals surface area contributed by atoms with Gasteiger partial charge in [0.1, 0.15) is 11.9 Å². The highest BCUT2D eigenvalue weighted by Gasteiger charge is 2.23. The monoisotopic (exact) mass is 301 g/mol. The second-order valence-electron chi connectivity index (χ2n) is 5.82. The summed E-state index contributed by atoms with van der Waals surface area (Å²) >= 11 is 6.03. The number of rotatable bonds is 4. The minimum atomic E-state index is 0.165. The van der Waals surface area contributed by atoms with E-state index >= 15 is 0 Å². The number of ether oxygens (including phenoxy) is 1. The summed E-state index contributed by atoms with van der Waals surface area (Å²) in [6.07, 6.45) is 1.07. The Bertz CT molecular complexity index is 639. The van der Waals surface area contributed by atoms with Gasteiger partial charge in [0.05, 0.1) is 6.54 Å². The van der Waals surface area contributed by atoms with E-state index in [1.807, 2.05) is 18.2 Å². The van der Waals surface area contributed by atoms with Gasteiger partial charge in [-0.05, 0) is 41.3 Å². The van der Waals surface area contributed by atoms with Crippen LogP contribution in [-0.2, 0) is 6.42 Å². The molecule has 0 fully saturated rings. The van der Waals surface area contributed by atoms with E-state index in [4.69, 9.17) is 16.3 Å². The molecule has 0 bridgehead atoms. The van der Waals surface area contributed by atoms with Gasteiger partial charge in [0, 0.05) is 17.1 Å². The Morgan fingerprint density at radius 3 is 2.86 bits per heavy atom. The fraction of sp³-hybridized carbons (Fsp3) is 0.333. The van der Waals surface area contributed by atoms with Gasteiger partial charge in [0.2, 0.25) is 0 Å². The number of benzene rings is 2. The van der Waals surface area contributed by atoms with Crippen molar-refractivity contribution in [2.75, 3.05) is 11.9 Å². The van der Waals surface area contributed by atoms with Crippen molar-refractivity contribution < 1.29 is 4.74 Å². The topological polar surface area (TPSA) is 21.3 Å². The Morgan fingerprint density at radius 1 is 1.24 bits per heavy atom. The van der Waals surface area contributed by atoms with Crippen molar-refractivity contribution >= 4 is 17.3 Å². The van der Waals surface area contributed by atoms with Gasteiger partial charge >= 0.3 is 0 Å². The van der Waals surface area contributed by atoms with Crippen molar-refractivity contribution in [2.45, 2.75) is 32.3 Å². The second-order valence-corrected chi connectivity index (χ2v) is 6.26. The first-order valence-corrected chi connectivity index (χ1v) is 7.79. The number of anilines is 1. The summed E-state index contributed by atoms with van der Waals surface area (Å²) in [6.45, 7) is 5.23. The fourth-order valence-corrected chi connectivity index (χ4v) is 2.98. The van der Waals surface area contributed by atoms with Gasteiger partial charge in [-0.15, -0.1) is 0 Å². The molecule has 1 aliphatic rings. The third-order valence-electron chi connectivity index (χ3n) is 3.87. The molecular weight excluding hydrogens is 282 g/mol. The molecule has 110 valence electrons. The molecule has 0 amide bonds. The van der Waals surface area contributed by atoms with Crippen LogP contribution in [0, 0.1) is 0 Å². The minimum Gasteiger partial charge on any atom is -0.488 e. The third-order valence-corrected chi connectivity index (χ3v) is 4.10. The Balaban J connectivity index is 1.65. The molecule has 1 heterocycles. The molecule has 1 aliphatic heterocycles. The first-order chi connectivity index (χ1) is 10.1. The molecule has 0 saturated carbocycles. The number of halogens is 1. The number of fused-ring (bicyclic) bond motifs is 1. The van der Waals surface area contributed by atoms with Crippen LogP contribution in [0.15, 0.2) is 42.5 Å². The quantitative estimate of drug-likeness (QED) is 0.869. The van der Waals surface area contributed by atoms with E-state index in [0.717, 1.165) is 23.7 Å². The summed E-state index contributed by atoms with van der Waals surface area (Å²) in [5, 5.41) is 4.30. The van der Waals surface area contributed by atoms with Crippen molar-refractivity contribution in [1.29, 1.82) is 0 Å². The predicted octanol–water partition coefficient (Wildman–Crippen LogP) is 4.88. The average molecular weight is 302 g/mol. The van der Waals surface area contributed by atoms with Crippen LogP contribution in [0.2, 0.25) is 5.02 Å². The van der Waals surface area contributed by atoms with Gasteiger partial charge in [-0.3, -0.25) is 0 Å². The first kappa shape index (κ1) is 14.3.